The van der Waals surface area contributed by atoms with Gasteiger partial charge in [-0.15, -0.1) is 0 Å². The van der Waals surface area contributed by atoms with Crippen LogP contribution in [0.2, 0.25) is 0 Å². The summed E-state index contributed by atoms with van der Waals surface area (Å²) in [7, 11) is 1.68. The van der Waals surface area contributed by atoms with Crippen molar-refractivity contribution in [3.8, 4) is 11.5 Å². The van der Waals surface area contributed by atoms with Gasteiger partial charge >= 0.3 is 0 Å². The van der Waals surface area contributed by atoms with E-state index in [1.165, 1.54) is 28.9 Å². The number of methoxy groups -OCH3 is 1. The van der Waals surface area contributed by atoms with Crippen molar-refractivity contribution < 1.29 is 19.1 Å². The summed E-state index contributed by atoms with van der Waals surface area (Å²) in [5.41, 5.74) is 3.20. The number of fused-ring (bicyclic) bond motifs is 1. The van der Waals surface area contributed by atoms with Crippen molar-refractivity contribution in [3.63, 3.8) is 0 Å². The van der Waals surface area contributed by atoms with E-state index in [1.807, 2.05) is 18.2 Å². The number of nitrogens with zero attached hydrogens (tertiary/aromatic N) is 2. The van der Waals surface area contributed by atoms with Gasteiger partial charge in [-0.3, -0.25) is 14.5 Å². The number of ether oxygens (including phenoxy) is 2. The third kappa shape index (κ3) is 2.40. The molecule has 2 fully saturated rings. The van der Waals surface area contributed by atoms with Gasteiger partial charge in [0.1, 0.15) is 6.10 Å². The fourth-order valence-electron chi connectivity index (χ4n) is 7.85. The predicted octanol–water partition coefficient (Wildman–Crippen LogP) is 3.93. The zero-order valence-corrected chi connectivity index (χ0v) is 19.8. The molecule has 6 aliphatic rings. The second-order valence-electron chi connectivity index (χ2n) is 11.1. The second-order valence-corrected chi connectivity index (χ2v) is 11.1. The molecule has 0 N–H and O–H groups in total. The van der Waals surface area contributed by atoms with Gasteiger partial charge in [0.05, 0.1) is 29.7 Å². The Bertz CT molecular complexity index is 1290. The van der Waals surface area contributed by atoms with Gasteiger partial charge in [-0.1, -0.05) is 24.3 Å². The van der Waals surface area contributed by atoms with E-state index in [0.717, 1.165) is 43.2 Å². The third-order valence-electron chi connectivity index (χ3n) is 9.50. The first-order valence-electron chi connectivity index (χ1n) is 12.9. The quantitative estimate of drug-likeness (QED) is 0.637. The van der Waals surface area contributed by atoms with Gasteiger partial charge < -0.3 is 14.4 Å². The van der Waals surface area contributed by atoms with Crippen molar-refractivity contribution in [3.05, 3.63) is 70.9 Å². The first kappa shape index (κ1) is 20.0. The largest absolute Gasteiger partial charge is 0.493 e. The topological polar surface area (TPSA) is 59.1 Å². The maximum absolute atomic E-state index is 13.5. The summed E-state index contributed by atoms with van der Waals surface area (Å²) < 4.78 is 12.5. The number of rotatable bonds is 4. The van der Waals surface area contributed by atoms with Crippen LogP contribution in [-0.2, 0) is 11.8 Å². The molecule has 1 unspecified atom stereocenters. The molecule has 6 heteroatoms. The lowest BCUT2D eigenvalue weighted by Crippen LogP contribution is -2.66. The molecule has 3 heterocycles. The van der Waals surface area contributed by atoms with Gasteiger partial charge in [0.2, 0.25) is 0 Å². The van der Waals surface area contributed by atoms with E-state index >= 15 is 0 Å². The molecule has 5 atom stereocenters. The predicted molar refractivity (Wildman–Crippen MR) is 129 cm³/mol. The van der Waals surface area contributed by atoms with Crippen LogP contribution in [-0.4, -0.2) is 53.5 Å². The van der Waals surface area contributed by atoms with Crippen LogP contribution in [0.4, 0.5) is 0 Å². The molecule has 2 saturated carbocycles. The van der Waals surface area contributed by atoms with E-state index in [9.17, 15) is 9.59 Å². The first-order valence-corrected chi connectivity index (χ1v) is 12.9. The Hall–Kier alpha value is -3.28. The zero-order valence-electron chi connectivity index (χ0n) is 19.8. The molecule has 1 spiro atoms. The van der Waals surface area contributed by atoms with Crippen molar-refractivity contribution in [2.75, 3.05) is 13.7 Å². The van der Waals surface area contributed by atoms with E-state index in [0.29, 0.717) is 23.1 Å². The summed E-state index contributed by atoms with van der Waals surface area (Å²) >= 11 is 0. The maximum Gasteiger partial charge on any atom is 0.261 e. The minimum absolute atomic E-state index is 0.195. The van der Waals surface area contributed by atoms with Gasteiger partial charge in [0.15, 0.2) is 11.5 Å². The van der Waals surface area contributed by atoms with Crippen molar-refractivity contribution in [2.45, 2.75) is 55.7 Å². The molecule has 2 bridgehead atoms. The van der Waals surface area contributed by atoms with Gasteiger partial charge in [0, 0.05) is 18.2 Å². The number of hydrogen-bond donors (Lipinski definition) is 0. The van der Waals surface area contributed by atoms with Crippen molar-refractivity contribution >= 4 is 11.8 Å². The fourth-order valence-corrected chi connectivity index (χ4v) is 7.85. The van der Waals surface area contributed by atoms with Crippen LogP contribution in [0.5, 0.6) is 11.5 Å². The number of carbonyl (C=O) groups excluding carboxylic acids is 2. The summed E-state index contributed by atoms with van der Waals surface area (Å²) in [6.45, 7) is 1.12. The average molecular weight is 469 g/mol. The maximum atomic E-state index is 13.5. The lowest BCUT2D eigenvalue weighted by Gasteiger charge is -2.57. The highest BCUT2D eigenvalue weighted by Crippen LogP contribution is 2.63. The number of amides is 2. The Kier molecular flexibility index (Phi) is 3.81. The SMILES string of the molecule is COc1ccc2c3c1O[C@H]1[C@H](N4C(=O)c5ccccc5C4=O)CCC4[C@@H](C2)N(CC2CC2)C=C[C@@]341. The monoisotopic (exact) mass is 468 g/mol. The van der Waals surface area contributed by atoms with E-state index in [1.54, 1.807) is 19.2 Å². The molecular formula is C29H28N2O4. The highest BCUT2D eigenvalue weighted by molar-refractivity contribution is 6.21. The van der Waals surface area contributed by atoms with E-state index < -0.39 is 0 Å². The standard InChI is InChI=1S/C29H28N2O4/c1-34-23-11-8-17-14-22-20-9-10-21(31-27(32)18-4-2-3-5-19(18)28(31)33)26-29(20,24(17)25(23)35-26)12-13-30(22)15-16-6-7-16/h2-5,8,11-13,16,20-22,26H,6-7,9-10,14-15H2,1H3/t20?,21-,22-,26+,29+/m1/s1. The van der Waals surface area contributed by atoms with Crippen LogP contribution < -0.4 is 9.47 Å². The molecule has 0 radical (unpaired) electrons. The van der Waals surface area contributed by atoms with Gasteiger partial charge in [-0.25, -0.2) is 0 Å². The van der Waals surface area contributed by atoms with Crippen LogP contribution in [0, 0.1) is 11.8 Å². The average Bonchev–Trinajstić information content (AvgIpc) is 3.58. The smallest absolute Gasteiger partial charge is 0.261 e. The fraction of sp³-hybridized carbons (Fsp3) is 0.448. The van der Waals surface area contributed by atoms with Crippen molar-refractivity contribution in [2.24, 2.45) is 11.8 Å². The number of imide groups is 1. The van der Waals surface area contributed by atoms with E-state index in [-0.39, 0.29) is 29.4 Å². The number of carbonyl (C=O) groups is 2. The van der Waals surface area contributed by atoms with Crippen LogP contribution in [0.1, 0.15) is 57.5 Å². The minimum atomic E-state index is -0.347. The molecule has 6 nitrogen and oxygen atoms in total. The normalized spacial score (nSPS) is 33.5. The molecule has 2 aromatic carbocycles. The van der Waals surface area contributed by atoms with E-state index in [2.05, 4.69) is 23.2 Å². The van der Waals surface area contributed by atoms with Crippen LogP contribution in [0.25, 0.3) is 0 Å². The summed E-state index contributed by atoms with van der Waals surface area (Å²) in [6, 6.07) is 11.5. The van der Waals surface area contributed by atoms with Crippen LogP contribution in [0.3, 0.4) is 0 Å². The van der Waals surface area contributed by atoms with Gasteiger partial charge in [-0.2, -0.15) is 0 Å². The number of hydrogen-bond acceptors (Lipinski definition) is 5. The zero-order chi connectivity index (χ0) is 23.5. The van der Waals surface area contributed by atoms with Gasteiger partial charge in [-0.05, 0) is 73.9 Å². The Morgan fingerprint density at radius 2 is 1.77 bits per heavy atom. The highest BCUT2D eigenvalue weighted by Gasteiger charge is 2.66. The third-order valence-corrected chi connectivity index (χ3v) is 9.50. The molecule has 0 saturated heterocycles. The Morgan fingerprint density at radius 1 is 1.00 bits per heavy atom. The van der Waals surface area contributed by atoms with Gasteiger partial charge in [0.25, 0.3) is 11.8 Å². The minimum Gasteiger partial charge on any atom is -0.493 e. The van der Waals surface area contributed by atoms with Crippen molar-refractivity contribution in [1.82, 2.24) is 9.80 Å². The van der Waals surface area contributed by atoms with E-state index in [4.69, 9.17) is 9.47 Å². The molecular weight excluding hydrogens is 440 g/mol. The summed E-state index contributed by atoms with van der Waals surface area (Å²) in [6.07, 6.45) is 9.74. The number of benzene rings is 2. The summed E-state index contributed by atoms with van der Waals surface area (Å²) in [5, 5.41) is 0. The summed E-state index contributed by atoms with van der Waals surface area (Å²) in [5.74, 6) is 2.36. The highest BCUT2D eigenvalue weighted by atomic mass is 16.5. The molecule has 2 amide bonds. The van der Waals surface area contributed by atoms with Crippen LogP contribution >= 0.6 is 0 Å². The Balaban J connectivity index is 1.28. The molecule has 2 aromatic rings. The molecule has 8 rings (SSSR count). The lowest BCUT2D eigenvalue weighted by atomic mass is 9.52. The molecule has 178 valence electrons. The molecule has 3 aliphatic carbocycles. The Labute approximate surface area is 204 Å². The first-order chi connectivity index (χ1) is 17.1. The van der Waals surface area contributed by atoms with Crippen LogP contribution in [0.15, 0.2) is 48.7 Å². The molecule has 3 aliphatic heterocycles. The molecule has 0 aromatic heterocycles. The molecule has 35 heavy (non-hydrogen) atoms. The van der Waals surface area contributed by atoms with Crippen molar-refractivity contribution in [1.29, 1.82) is 0 Å². The second kappa shape index (κ2) is 6.68. The Morgan fingerprint density at radius 3 is 2.49 bits per heavy atom. The lowest BCUT2D eigenvalue weighted by molar-refractivity contribution is -0.0286. The summed E-state index contributed by atoms with van der Waals surface area (Å²) in [4.78, 5) is 31.1.